The van der Waals surface area contributed by atoms with E-state index in [2.05, 4.69) is 40.4 Å². The lowest BCUT2D eigenvalue weighted by molar-refractivity contribution is 0.253. The van der Waals surface area contributed by atoms with E-state index in [9.17, 15) is 0 Å². The Morgan fingerprint density at radius 1 is 1.50 bits per heavy atom. The summed E-state index contributed by atoms with van der Waals surface area (Å²) >= 11 is 0. The second kappa shape index (κ2) is 6.34. The largest absolute Gasteiger partial charge is 0.345 e. The second-order valence-corrected chi connectivity index (χ2v) is 5.46. The first-order valence-electron chi connectivity index (χ1n) is 7.12. The predicted molar refractivity (Wildman–Crippen MR) is 75.0 cm³/mol. The molecule has 0 bridgehead atoms. The maximum absolute atomic E-state index is 4.59. The molecule has 1 unspecified atom stereocenters. The van der Waals surface area contributed by atoms with Gasteiger partial charge in [0.1, 0.15) is 5.82 Å². The van der Waals surface area contributed by atoms with Gasteiger partial charge in [0.15, 0.2) is 0 Å². The molecule has 1 saturated heterocycles. The van der Waals surface area contributed by atoms with Crippen molar-refractivity contribution in [1.82, 2.24) is 20.2 Å². The molecule has 1 atom stereocenters. The monoisotopic (exact) mass is 250 g/mol. The molecule has 0 radical (unpaired) electrons. The Kier molecular flexibility index (Phi) is 4.78. The van der Waals surface area contributed by atoms with Crippen LogP contribution in [0.1, 0.15) is 49.5 Å². The van der Waals surface area contributed by atoms with Crippen LogP contribution in [-0.2, 0) is 0 Å². The number of hydrogen-bond acceptors (Lipinski definition) is 3. The first-order valence-corrected chi connectivity index (χ1v) is 7.12. The Balaban J connectivity index is 2.00. The Morgan fingerprint density at radius 3 is 2.83 bits per heavy atom. The first-order chi connectivity index (χ1) is 8.74. The minimum Gasteiger partial charge on any atom is -0.345 e. The van der Waals surface area contributed by atoms with E-state index in [0.29, 0.717) is 11.8 Å². The summed E-state index contributed by atoms with van der Waals surface area (Å²) in [5, 5.41) is 3.25. The first kappa shape index (κ1) is 13.6. The lowest BCUT2D eigenvalue weighted by Gasteiger charge is -2.28. The number of hydrogen-bond donors (Lipinski definition) is 2. The minimum absolute atomic E-state index is 0.509. The highest BCUT2D eigenvalue weighted by Gasteiger charge is 2.21. The van der Waals surface area contributed by atoms with Crippen molar-refractivity contribution < 1.29 is 0 Å². The summed E-state index contributed by atoms with van der Waals surface area (Å²) in [5.41, 5.74) is 1.34. The average Bonchev–Trinajstić information content (AvgIpc) is 2.86. The van der Waals surface area contributed by atoms with Gasteiger partial charge < -0.3 is 15.2 Å². The predicted octanol–water partition coefficient (Wildman–Crippen LogP) is 1.93. The zero-order valence-corrected chi connectivity index (χ0v) is 11.9. The molecule has 2 N–H and O–H groups in total. The Labute approximate surface area is 110 Å². The Bertz CT molecular complexity index is 352. The number of aromatic amines is 1. The van der Waals surface area contributed by atoms with E-state index in [1.165, 1.54) is 31.6 Å². The van der Waals surface area contributed by atoms with Gasteiger partial charge in [0.05, 0.1) is 0 Å². The summed E-state index contributed by atoms with van der Waals surface area (Å²) in [4.78, 5) is 10.6. The minimum atomic E-state index is 0.509. The van der Waals surface area contributed by atoms with Gasteiger partial charge in [-0.1, -0.05) is 6.92 Å². The summed E-state index contributed by atoms with van der Waals surface area (Å²) in [6.45, 7) is 5.62. The number of rotatable bonds is 5. The fourth-order valence-electron chi connectivity index (χ4n) is 2.77. The van der Waals surface area contributed by atoms with Crippen molar-refractivity contribution in [3.8, 4) is 0 Å². The van der Waals surface area contributed by atoms with Gasteiger partial charge in [-0.3, -0.25) is 0 Å². The maximum Gasteiger partial charge on any atom is 0.110 e. The number of nitrogens with zero attached hydrogens (tertiary/aromatic N) is 2. The molecule has 1 aromatic rings. The van der Waals surface area contributed by atoms with E-state index < -0.39 is 0 Å². The van der Waals surface area contributed by atoms with E-state index in [1.807, 2.05) is 7.05 Å². The zero-order valence-electron chi connectivity index (χ0n) is 11.9. The molecule has 1 aromatic heterocycles. The topological polar surface area (TPSA) is 44.0 Å². The summed E-state index contributed by atoms with van der Waals surface area (Å²) < 4.78 is 0. The van der Waals surface area contributed by atoms with Gasteiger partial charge in [-0.05, 0) is 46.4 Å². The van der Waals surface area contributed by atoms with E-state index in [0.717, 1.165) is 18.8 Å². The van der Waals surface area contributed by atoms with Crippen molar-refractivity contribution in [2.24, 2.45) is 0 Å². The van der Waals surface area contributed by atoms with Crippen LogP contribution >= 0.6 is 0 Å². The third-order valence-electron chi connectivity index (χ3n) is 4.10. The molecule has 18 heavy (non-hydrogen) atoms. The molecule has 102 valence electrons. The van der Waals surface area contributed by atoms with Gasteiger partial charge in [-0.2, -0.15) is 0 Å². The Hall–Kier alpha value is -0.870. The second-order valence-electron chi connectivity index (χ2n) is 5.46. The van der Waals surface area contributed by atoms with Crippen molar-refractivity contribution in [1.29, 1.82) is 0 Å². The normalized spacial score (nSPS) is 20.2. The molecule has 1 aliphatic rings. The molecule has 0 aromatic carbocycles. The van der Waals surface area contributed by atoms with Gasteiger partial charge in [0.25, 0.3) is 0 Å². The van der Waals surface area contributed by atoms with Crippen molar-refractivity contribution in [2.75, 3.05) is 33.7 Å². The lowest BCUT2D eigenvalue weighted by atomic mass is 9.94. The summed E-state index contributed by atoms with van der Waals surface area (Å²) in [6, 6.07) is 0. The van der Waals surface area contributed by atoms with Gasteiger partial charge in [-0.25, -0.2) is 4.98 Å². The maximum atomic E-state index is 4.59. The van der Waals surface area contributed by atoms with Gasteiger partial charge in [0, 0.05) is 30.3 Å². The highest BCUT2D eigenvalue weighted by atomic mass is 15.1. The molecular formula is C14H26N4. The van der Waals surface area contributed by atoms with E-state index >= 15 is 0 Å². The molecule has 0 saturated carbocycles. The van der Waals surface area contributed by atoms with Crippen LogP contribution in [0.5, 0.6) is 0 Å². The summed E-state index contributed by atoms with van der Waals surface area (Å²) in [5.74, 6) is 2.34. The van der Waals surface area contributed by atoms with E-state index in [-0.39, 0.29) is 0 Å². The van der Waals surface area contributed by atoms with Crippen molar-refractivity contribution >= 4 is 0 Å². The average molecular weight is 250 g/mol. The van der Waals surface area contributed by atoms with Crippen LogP contribution in [0.4, 0.5) is 0 Å². The smallest absolute Gasteiger partial charge is 0.110 e. The van der Waals surface area contributed by atoms with E-state index in [1.54, 1.807) is 0 Å². The van der Waals surface area contributed by atoms with Crippen LogP contribution in [0.25, 0.3) is 0 Å². The van der Waals surface area contributed by atoms with Crippen LogP contribution in [0.15, 0.2) is 6.20 Å². The number of likely N-dealkylation sites (tertiary alicyclic amines) is 1. The fourth-order valence-corrected chi connectivity index (χ4v) is 2.77. The van der Waals surface area contributed by atoms with Crippen LogP contribution in [0, 0.1) is 0 Å². The van der Waals surface area contributed by atoms with Crippen LogP contribution in [-0.4, -0.2) is 48.6 Å². The molecule has 2 heterocycles. The highest BCUT2D eigenvalue weighted by molar-refractivity contribution is 5.11. The lowest BCUT2D eigenvalue weighted by Crippen LogP contribution is -2.29. The van der Waals surface area contributed by atoms with E-state index in [4.69, 9.17) is 0 Å². The molecule has 2 rings (SSSR count). The quantitative estimate of drug-likeness (QED) is 0.839. The molecule has 0 amide bonds. The number of aromatic nitrogens is 2. The summed E-state index contributed by atoms with van der Waals surface area (Å²) in [7, 11) is 4.21. The number of H-pyrrole nitrogens is 1. The van der Waals surface area contributed by atoms with Gasteiger partial charge >= 0.3 is 0 Å². The van der Waals surface area contributed by atoms with Gasteiger partial charge in [0.2, 0.25) is 0 Å². The third-order valence-corrected chi connectivity index (χ3v) is 4.10. The standard InChI is InChI=1S/C14H26N4/c1-4-11(9-15-2)14-16-10-13(17-14)12-5-7-18(3)8-6-12/h10-12,15H,4-9H2,1-3H3,(H,16,17). The molecule has 4 heteroatoms. The Morgan fingerprint density at radius 2 is 2.22 bits per heavy atom. The summed E-state index contributed by atoms with van der Waals surface area (Å²) in [6.07, 6.45) is 5.69. The SMILES string of the molecule is CCC(CNC)c1ncc(C2CCN(C)CC2)[nH]1. The molecule has 0 spiro atoms. The van der Waals surface area contributed by atoms with Crippen LogP contribution < -0.4 is 5.32 Å². The molecule has 0 aliphatic carbocycles. The van der Waals surface area contributed by atoms with Crippen LogP contribution in [0.2, 0.25) is 0 Å². The number of piperidine rings is 1. The van der Waals surface area contributed by atoms with Gasteiger partial charge in [-0.15, -0.1) is 0 Å². The molecule has 4 nitrogen and oxygen atoms in total. The zero-order chi connectivity index (χ0) is 13.0. The van der Waals surface area contributed by atoms with Crippen molar-refractivity contribution in [3.05, 3.63) is 17.7 Å². The number of likely N-dealkylation sites (N-methyl/N-ethyl adjacent to an activating group) is 1. The van der Waals surface area contributed by atoms with Crippen molar-refractivity contribution in [2.45, 2.75) is 38.0 Å². The number of imidazole rings is 1. The third kappa shape index (κ3) is 3.12. The highest BCUT2D eigenvalue weighted by Crippen LogP contribution is 2.27. The number of nitrogens with one attached hydrogen (secondary N) is 2. The fraction of sp³-hybridized carbons (Fsp3) is 0.786. The molecular weight excluding hydrogens is 224 g/mol. The molecule has 1 aliphatic heterocycles. The molecule has 1 fully saturated rings. The van der Waals surface area contributed by atoms with Crippen molar-refractivity contribution in [3.63, 3.8) is 0 Å². The van der Waals surface area contributed by atoms with Crippen LogP contribution in [0.3, 0.4) is 0 Å².